The highest BCUT2D eigenvalue weighted by Gasteiger charge is 2.26. The van der Waals surface area contributed by atoms with Gasteiger partial charge in [0.2, 0.25) is 11.7 Å². The van der Waals surface area contributed by atoms with Crippen molar-refractivity contribution in [1.82, 2.24) is 24.9 Å². The topological polar surface area (TPSA) is 58.3 Å². The van der Waals surface area contributed by atoms with Crippen LogP contribution in [0.1, 0.15) is 24.6 Å². The van der Waals surface area contributed by atoms with Crippen LogP contribution in [0.25, 0.3) is 11.4 Å². The first-order valence-corrected chi connectivity index (χ1v) is 9.05. The molecule has 1 atom stereocenters. The molecule has 1 aromatic carbocycles. The molecule has 0 saturated carbocycles. The summed E-state index contributed by atoms with van der Waals surface area (Å²) in [4.78, 5) is 13.9. The lowest BCUT2D eigenvalue weighted by atomic mass is 10.2. The van der Waals surface area contributed by atoms with E-state index >= 15 is 0 Å². The Hall–Kier alpha value is -2.57. The Morgan fingerprint density at radius 2 is 1.77 bits per heavy atom. The number of aromatic nitrogens is 3. The van der Waals surface area contributed by atoms with E-state index in [1.54, 1.807) is 0 Å². The van der Waals surface area contributed by atoms with Crippen LogP contribution < -0.4 is 0 Å². The second-order valence-electron chi connectivity index (χ2n) is 6.63. The molecule has 0 spiro atoms. The number of piperazine rings is 1. The molecule has 2 aromatic heterocycles. The Kier molecular flexibility index (Phi) is 5.04. The van der Waals surface area contributed by atoms with Crippen LogP contribution in [0.3, 0.4) is 0 Å². The third-order valence-corrected chi connectivity index (χ3v) is 4.90. The summed E-state index contributed by atoms with van der Waals surface area (Å²) in [6, 6.07) is 16.1. The zero-order valence-corrected chi connectivity index (χ0v) is 15.0. The average Bonchev–Trinajstić information content (AvgIpc) is 3.20. The molecule has 4 rings (SSSR count). The Morgan fingerprint density at radius 3 is 2.50 bits per heavy atom. The lowest BCUT2D eigenvalue weighted by molar-refractivity contribution is 0.0839. The van der Waals surface area contributed by atoms with Crippen molar-refractivity contribution in [3.8, 4) is 11.4 Å². The van der Waals surface area contributed by atoms with Crippen molar-refractivity contribution in [2.45, 2.75) is 19.5 Å². The zero-order chi connectivity index (χ0) is 17.8. The van der Waals surface area contributed by atoms with E-state index in [0.29, 0.717) is 11.7 Å². The molecule has 1 aliphatic heterocycles. The maximum Gasteiger partial charge on any atom is 0.244 e. The first kappa shape index (κ1) is 16.9. The molecule has 0 amide bonds. The van der Waals surface area contributed by atoms with Crippen molar-refractivity contribution in [2.24, 2.45) is 0 Å². The molecule has 6 heteroatoms. The number of rotatable bonds is 5. The molecule has 1 fully saturated rings. The summed E-state index contributed by atoms with van der Waals surface area (Å²) < 4.78 is 5.53. The first-order chi connectivity index (χ1) is 12.8. The normalized spacial score (nSPS) is 17.3. The molecular weight excluding hydrogens is 326 g/mol. The SMILES string of the molecule is C[C@H](c1nc(-c2ccccc2)no1)N1CCN(Cc2ccccn2)CC1. The summed E-state index contributed by atoms with van der Waals surface area (Å²) in [6.07, 6.45) is 1.85. The Morgan fingerprint density at radius 1 is 1.00 bits per heavy atom. The summed E-state index contributed by atoms with van der Waals surface area (Å²) in [5.74, 6) is 1.34. The Bertz CT molecular complexity index is 812. The minimum absolute atomic E-state index is 0.122. The molecular formula is C20H23N5O. The van der Waals surface area contributed by atoms with Gasteiger partial charge in [-0.15, -0.1) is 0 Å². The summed E-state index contributed by atoms with van der Waals surface area (Å²) in [5, 5.41) is 4.14. The number of nitrogens with zero attached hydrogens (tertiary/aromatic N) is 5. The van der Waals surface area contributed by atoms with E-state index in [2.05, 4.69) is 37.9 Å². The van der Waals surface area contributed by atoms with Crippen molar-refractivity contribution in [3.63, 3.8) is 0 Å². The smallest absolute Gasteiger partial charge is 0.244 e. The Balaban J connectivity index is 1.35. The molecule has 3 aromatic rings. The molecule has 0 unspecified atom stereocenters. The van der Waals surface area contributed by atoms with Gasteiger partial charge in [-0.2, -0.15) is 4.98 Å². The van der Waals surface area contributed by atoms with E-state index in [9.17, 15) is 0 Å². The fourth-order valence-corrected chi connectivity index (χ4v) is 3.30. The molecule has 134 valence electrons. The minimum Gasteiger partial charge on any atom is -0.337 e. The first-order valence-electron chi connectivity index (χ1n) is 9.05. The van der Waals surface area contributed by atoms with Crippen LogP contribution in [0, 0.1) is 0 Å². The molecule has 0 aliphatic carbocycles. The third kappa shape index (κ3) is 3.81. The molecule has 1 saturated heterocycles. The van der Waals surface area contributed by atoms with E-state index in [4.69, 9.17) is 4.52 Å². The number of hydrogen-bond acceptors (Lipinski definition) is 6. The van der Waals surface area contributed by atoms with Crippen molar-refractivity contribution >= 4 is 0 Å². The maximum atomic E-state index is 5.53. The van der Waals surface area contributed by atoms with Gasteiger partial charge in [0.05, 0.1) is 11.7 Å². The van der Waals surface area contributed by atoms with Crippen molar-refractivity contribution in [2.75, 3.05) is 26.2 Å². The number of pyridine rings is 1. The average molecular weight is 349 g/mol. The van der Waals surface area contributed by atoms with Gasteiger partial charge < -0.3 is 4.52 Å². The van der Waals surface area contributed by atoms with Gasteiger partial charge in [0.15, 0.2) is 0 Å². The van der Waals surface area contributed by atoms with Gasteiger partial charge in [0.25, 0.3) is 0 Å². The Labute approximate surface area is 153 Å². The summed E-state index contributed by atoms with van der Waals surface area (Å²) in [7, 11) is 0. The number of benzene rings is 1. The van der Waals surface area contributed by atoms with Gasteiger partial charge >= 0.3 is 0 Å². The van der Waals surface area contributed by atoms with Crippen LogP contribution in [-0.4, -0.2) is 51.1 Å². The van der Waals surface area contributed by atoms with Gasteiger partial charge in [-0.1, -0.05) is 41.6 Å². The van der Waals surface area contributed by atoms with Crippen LogP contribution in [-0.2, 0) is 6.54 Å². The third-order valence-electron chi connectivity index (χ3n) is 4.90. The highest BCUT2D eigenvalue weighted by Crippen LogP contribution is 2.23. The fraction of sp³-hybridized carbons (Fsp3) is 0.350. The van der Waals surface area contributed by atoms with E-state index in [0.717, 1.165) is 44.0 Å². The highest BCUT2D eigenvalue weighted by molar-refractivity contribution is 5.53. The zero-order valence-electron chi connectivity index (χ0n) is 15.0. The summed E-state index contributed by atoms with van der Waals surface area (Å²) >= 11 is 0. The molecule has 3 heterocycles. The van der Waals surface area contributed by atoms with Gasteiger partial charge in [0, 0.05) is 44.5 Å². The van der Waals surface area contributed by atoms with Crippen LogP contribution in [0.4, 0.5) is 0 Å². The maximum absolute atomic E-state index is 5.53. The van der Waals surface area contributed by atoms with Gasteiger partial charge in [-0.3, -0.25) is 14.8 Å². The lowest BCUT2D eigenvalue weighted by Gasteiger charge is -2.36. The van der Waals surface area contributed by atoms with E-state index in [-0.39, 0.29) is 6.04 Å². The van der Waals surface area contributed by atoms with Crippen molar-refractivity contribution in [3.05, 3.63) is 66.3 Å². The van der Waals surface area contributed by atoms with E-state index in [1.165, 1.54) is 0 Å². The minimum atomic E-state index is 0.122. The molecule has 0 N–H and O–H groups in total. The highest BCUT2D eigenvalue weighted by atomic mass is 16.5. The molecule has 1 aliphatic rings. The van der Waals surface area contributed by atoms with Gasteiger partial charge in [-0.25, -0.2) is 0 Å². The molecule has 6 nitrogen and oxygen atoms in total. The second-order valence-corrected chi connectivity index (χ2v) is 6.63. The van der Waals surface area contributed by atoms with Crippen LogP contribution in [0.15, 0.2) is 59.3 Å². The quantitative estimate of drug-likeness (QED) is 0.706. The summed E-state index contributed by atoms with van der Waals surface area (Å²) in [5.41, 5.74) is 2.10. The number of hydrogen-bond donors (Lipinski definition) is 0. The van der Waals surface area contributed by atoms with Gasteiger partial charge in [0.1, 0.15) is 0 Å². The standard InChI is InChI=1S/C20H23N5O/c1-16(20-22-19(23-26-20)17-7-3-2-4-8-17)25-13-11-24(12-14-25)15-18-9-5-6-10-21-18/h2-10,16H,11-15H2,1H3/t16-/m1/s1. The van der Waals surface area contributed by atoms with E-state index in [1.807, 2.05) is 48.7 Å². The molecule has 0 radical (unpaired) electrons. The van der Waals surface area contributed by atoms with E-state index < -0.39 is 0 Å². The predicted molar refractivity (Wildman–Crippen MR) is 99.2 cm³/mol. The lowest BCUT2D eigenvalue weighted by Crippen LogP contribution is -2.46. The van der Waals surface area contributed by atoms with Gasteiger partial charge in [-0.05, 0) is 19.1 Å². The monoisotopic (exact) mass is 349 g/mol. The second kappa shape index (κ2) is 7.76. The van der Waals surface area contributed by atoms with Crippen LogP contribution in [0.2, 0.25) is 0 Å². The van der Waals surface area contributed by atoms with Crippen LogP contribution >= 0.6 is 0 Å². The molecule has 0 bridgehead atoms. The van der Waals surface area contributed by atoms with Crippen molar-refractivity contribution < 1.29 is 4.52 Å². The van der Waals surface area contributed by atoms with Crippen LogP contribution in [0.5, 0.6) is 0 Å². The largest absolute Gasteiger partial charge is 0.337 e. The molecule has 26 heavy (non-hydrogen) atoms. The van der Waals surface area contributed by atoms with Crippen molar-refractivity contribution in [1.29, 1.82) is 0 Å². The summed E-state index contributed by atoms with van der Waals surface area (Å²) in [6.45, 7) is 7.04. The predicted octanol–water partition coefficient (Wildman–Crippen LogP) is 3.01. The fourth-order valence-electron chi connectivity index (χ4n) is 3.30.